The van der Waals surface area contributed by atoms with Gasteiger partial charge in [-0.25, -0.2) is 4.79 Å². The summed E-state index contributed by atoms with van der Waals surface area (Å²) in [5.41, 5.74) is 3.74. The normalized spacial score (nSPS) is 15.6. The molecule has 1 unspecified atom stereocenters. The Hall–Kier alpha value is -5.20. The highest BCUT2D eigenvalue weighted by atomic mass is 32.1. The van der Waals surface area contributed by atoms with Gasteiger partial charge in [-0.05, 0) is 79.8 Å². The number of rotatable bonds is 15. The molecular weight excluding hydrogens is 719 g/mol. The van der Waals surface area contributed by atoms with Gasteiger partial charge in [-0.15, -0.1) is 0 Å². The molecule has 5 N–H and O–H groups in total. The monoisotopic (exact) mass is 765 g/mol. The maximum atomic E-state index is 12.0. The molecule has 290 valence electrons. The van der Waals surface area contributed by atoms with Crippen LogP contribution in [0.1, 0.15) is 27.3 Å². The number of anilines is 1. The number of carbonyl (C=O) groups excluding carboxylic acids is 2. The van der Waals surface area contributed by atoms with E-state index in [4.69, 9.17) is 31.4 Å². The molecule has 0 saturated carbocycles. The van der Waals surface area contributed by atoms with Crippen LogP contribution in [0.4, 0.5) is 10.5 Å². The van der Waals surface area contributed by atoms with E-state index in [-0.39, 0.29) is 44.0 Å². The molecule has 1 amide bonds. The van der Waals surface area contributed by atoms with Crippen molar-refractivity contribution in [3.05, 3.63) is 89.2 Å². The molecule has 2 heterocycles. The zero-order valence-corrected chi connectivity index (χ0v) is 31.2. The van der Waals surface area contributed by atoms with E-state index in [1.54, 1.807) is 0 Å². The lowest BCUT2D eigenvalue weighted by molar-refractivity contribution is -0.141. The van der Waals surface area contributed by atoms with Gasteiger partial charge in [0.1, 0.15) is 12.4 Å². The number of carboxylic acids is 2. The van der Waals surface area contributed by atoms with Crippen molar-refractivity contribution in [2.45, 2.75) is 25.6 Å². The number of aromatic nitrogens is 1. The number of likely N-dealkylation sites (N-methyl/N-ethyl adjacent to an activating group) is 1. The first-order chi connectivity index (χ1) is 26.0. The van der Waals surface area contributed by atoms with E-state index in [2.05, 4.69) is 20.9 Å². The minimum atomic E-state index is -0.976. The molecule has 1 aromatic heterocycles. The molecule has 0 fully saturated rings. The van der Waals surface area contributed by atoms with E-state index in [0.717, 1.165) is 22.6 Å². The van der Waals surface area contributed by atoms with Crippen LogP contribution in [-0.4, -0.2) is 138 Å². The minimum absolute atomic E-state index is 0.0157. The SMILES string of the molecule is CNC(=O)c1ccc(OC(=O)OCCOCCNC(=S)Nc2ccc(CC3CN(CC(=O)O)CCN(C)Cc4cccc(n4)CN3CC(=O)O)cc2)cc1. The third-order valence-electron chi connectivity index (χ3n) is 8.35. The summed E-state index contributed by atoms with van der Waals surface area (Å²) in [4.78, 5) is 57.9. The number of carbonyl (C=O) groups is 4. The average molecular weight is 766 g/mol. The fourth-order valence-electron chi connectivity index (χ4n) is 5.74. The quantitative estimate of drug-likeness (QED) is 0.0654. The van der Waals surface area contributed by atoms with Gasteiger partial charge >= 0.3 is 18.1 Å². The van der Waals surface area contributed by atoms with Crippen molar-refractivity contribution in [3.8, 4) is 5.75 Å². The Morgan fingerprint density at radius 3 is 2.28 bits per heavy atom. The molecule has 54 heavy (non-hydrogen) atoms. The number of amides is 1. The summed E-state index contributed by atoms with van der Waals surface area (Å²) < 4.78 is 15.6. The maximum absolute atomic E-state index is 12.0. The van der Waals surface area contributed by atoms with Gasteiger partial charge in [0.2, 0.25) is 0 Å². The van der Waals surface area contributed by atoms with E-state index in [1.165, 1.54) is 31.3 Å². The number of fused-ring (bicyclic) bond motifs is 2. The van der Waals surface area contributed by atoms with Gasteiger partial charge in [-0.1, -0.05) is 18.2 Å². The molecule has 2 bridgehead atoms. The molecule has 1 atom stereocenters. The summed E-state index contributed by atoms with van der Waals surface area (Å²) in [6.45, 7) is 2.81. The van der Waals surface area contributed by atoms with Crippen LogP contribution in [0.25, 0.3) is 0 Å². The second kappa shape index (κ2) is 21.5. The Morgan fingerprint density at radius 2 is 1.59 bits per heavy atom. The molecule has 0 spiro atoms. The van der Waals surface area contributed by atoms with Gasteiger partial charge in [0.25, 0.3) is 5.91 Å². The summed E-state index contributed by atoms with van der Waals surface area (Å²) in [6.07, 6.45) is -0.409. The minimum Gasteiger partial charge on any atom is -0.480 e. The number of hydrogen-bond acceptors (Lipinski definition) is 12. The first kappa shape index (κ1) is 41.6. The topological polar surface area (TPSA) is 195 Å². The van der Waals surface area contributed by atoms with Crippen LogP contribution in [0.2, 0.25) is 0 Å². The Morgan fingerprint density at radius 1 is 0.889 bits per heavy atom. The second-order valence-electron chi connectivity index (χ2n) is 12.6. The van der Waals surface area contributed by atoms with E-state index in [1.807, 2.05) is 59.3 Å². The maximum Gasteiger partial charge on any atom is 0.513 e. The van der Waals surface area contributed by atoms with Crippen LogP contribution in [0.5, 0.6) is 5.75 Å². The third kappa shape index (κ3) is 14.7. The zero-order valence-electron chi connectivity index (χ0n) is 30.4. The molecule has 0 aliphatic carbocycles. The molecule has 1 aliphatic rings. The number of thiocarbonyl (C=S) groups is 1. The van der Waals surface area contributed by atoms with Crippen molar-refractivity contribution in [3.63, 3.8) is 0 Å². The number of carboxylic acid groups (broad SMARTS) is 2. The number of nitrogens with zero attached hydrogens (tertiary/aromatic N) is 4. The van der Waals surface area contributed by atoms with Gasteiger partial charge in [0, 0.05) is 63.6 Å². The zero-order chi connectivity index (χ0) is 38.9. The Bertz CT molecular complexity index is 1710. The van der Waals surface area contributed by atoms with Crippen molar-refractivity contribution in [1.29, 1.82) is 0 Å². The first-order valence-electron chi connectivity index (χ1n) is 17.4. The van der Waals surface area contributed by atoms with Gasteiger partial charge < -0.3 is 40.4 Å². The summed E-state index contributed by atoms with van der Waals surface area (Å²) in [7, 11) is 3.50. The molecule has 2 aromatic carbocycles. The molecule has 1 aliphatic heterocycles. The molecule has 3 aromatic rings. The largest absolute Gasteiger partial charge is 0.513 e. The van der Waals surface area contributed by atoms with Gasteiger partial charge in [0.15, 0.2) is 5.11 Å². The highest BCUT2D eigenvalue weighted by molar-refractivity contribution is 7.80. The fraction of sp³-hybridized carbons (Fsp3) is 0.405. The number of pyridine rings is 1. The van der Waals surface area contributed by atoms with E-state index >= 15 is 0 Å². The predicted molar refractivity (Wildman–Crippen MR) is 203 cm³/mol. The molecule has 4 rings (SSSR count). The first-order valence-corrected chi connectivity index (χ1v) is 17.8. The summed E-state index contributed by atoms with van der Waals surface area (Å²) in [5.74, 6) is -1.92. The van der Waals surface area contributed by atoms with Crippen LogP contribution >= 0.6 is 12.2 Å². The lowest BCUT2D eigenvalue weighted by Crippen LogP contribution is -2.49. The van der Waals surface area contributed by atoms with Crippen molar-refractivity contribution >= 4 is 47.0 Å². The summed E-state index contributed by atoms with van der Waals surface area (Å²) in [5, 5.41) is 28.6. The standard InChI is InChI=1S/C37H47N7O9S/c1-38-35(49)27-8-12-32(13-9-27)53-37(50)52-19-18-51-17-14-39-36(54)41-28-10-6-26(7-11-28)20-31-23-43(24-33(45)46)16-15-42(2)21-29-4-3-5-30(40-29)22-44(31)25-34(47)48/h3-13,31H,14-25H2,1-2H3,(H,38,49)(H,45,46)(H,47,48)(H2,39,41,54). The van der Waals surface area contributed by atoms with Crippen LogP contribution in [-0.2, 0) is 38.6 Å². The third-order valence-corrected chi connectivity index (χ3v) is 8.60. The summed E-state index contributed by atoms with van der Waals surface area (Å²) in [6, 6.07) is 19.1. The number of hydrogen-bond donors (Lipinski definition) is 5. The van der Waals surface area contributed by atoms with Crippen LogP contribution in [0.3, 0.4) is 0 Å². The number of aliphatic carboxylic acids is 2. The molecular formula is C37H47N7O9S. The van der Waals surface area contributed by atoms with Crippen LogP contribution in [0.15, 0.2) is 66.7 Å². The van der Waals surface area contributed by atoms with Crippen molar-refractivity contribution in [1.82, 2.24) is 30.3 Å². The van der Waals surface area contributed by atoms with Crippen molar-refractivity contribution in [2.24, 2.45) is 0 Å². The molecule has 0 radical (unpaired) electrons. The Kier molecular flexibility index (Phi) is 16.5. The number of ether oxygens (including phenoxy) is 3. The Balaban J connectivity index is 1.24. The van der Waals surface area contributed by atoms with Crippen molar-refractivity contribution in [2.75, 3.05) is 78.5 Å². The fourth-order valence-corrected chi connectivity index (χ4v) is 5.96. The van der Waals surface area contributed by atoms with Crippen molar-refractivity contribution < 1.29 is 43.6 Å². The number of benzene rings is 2. The second-order valence-corrected chi connectivity index (χ2v) is 13.0. The molecule has 16 nitrogen and oxygen atoms in total. The highest BCUT2D eigenvalue weighted by Crippen LogP contribution is 2.18. The molecule has 0 saturated heterocycles. The highest BCUT2D eigenvalue weighted by Gasteiger charge is 2.26. The van der Waals surface area contributed by atoms with Crippen LogP contribution in [0, 0.1) is 0 Å². The van der Waals surface area contributed by atoms with Gasteiger partial charge in [-0.3, -0.25) is 34.1 Å². The van der Waals surface area contributed by atoms with Gasteiger partial charge in [0.05, 0.1) is 37.7 Å². The average Bonchev–Trinajstić information content (AvgIpc) is 3.13. The lowest BCUT2D eigenvalue weighted by Gasteiger charge is -2.35. The smallest absolute Gasteiger partial charge is 0.480 e. The van der Waals surface area contributed by atoms with E-state index in [0.29, 0.717) is 63.0 Å². The van der Waals surface area contributed by atoms with E-state index in [9.17, 15) is 29.4 Å². The van der Waals surface area contributed by atoms with Gasteiger partial charge in [-0.2, -0.15) is 0 Å². The predicted octanol–water partition coefficient (Wildman–Crippen LogP) is 2.29. The molecule has 17 heteroatoms. The Labute approximate surface area is 319 Å². The number of nitrogens with one attached hydrogen (secondary N) is 3. The van der Waals surface area contributed by atoms with Crippen LogP contribution < -0.4 is 20.7 Å². The lowest BCUT2D eigenvalue weighted by atomic mass is 10.0. The summed E-state index contributed by atoms with van der Waals surface area (Å²) >= 11 is 5.42. The van der Waals surface area contributed by atoms with E-state index < -0.39 is 18.1 Å².